The molecule has 1 saturated heterocycles. The number of hydrogen-bond donors (Lipinski definition) is 0. The molecule has 0 radical (unpaired) electrons. The molecule has 2 aromatic carbocycles. The number of carbonyl (C=O) groups is 2. The number of pyridine rings is 1. The number of aromatic nitrogens is 1. The van der Waals surface area contributed by atoms with Gasteiger partial charge in [-0.2, -0.15) is 0 Å². The highest BCUT2D eigenvalue weighted by Gasteiger charge is 2.35. The van der Waals surface area contributed by atoms with Gasteiger partial charge in [0, 0.05) is 55.0 Å². The van der Waals surface area contributed by atoms with Crippen LogP contribution in [0.2, 0.25) is 5.02 Å². The Morgan fingerprint density at radius 3 is 2.56 bits per heavy atom. The second-order valence-electron chi connectivity index (χ2n) is 8.12. The highest BCUT2D eigenvalue weighted by molar-refractivity contribution is 6.52. The third kappa shape index (κ3) is 3.82. The summed E-state index contributed by atoms with van der Waals surface area (Å²) in [5, 5.41) is 1.77. The van der Waals surface area contributed by atoms with Crippen molar-refractivity contribution in [3.8, 4) is 0 Å². The van der Waals surface area contributed by atoms with E-state index >= 15 is 0 Å². The fraction of sp³-hybridized carbons (Fsp3) is 0.292. The molecule has 0 spiro atoms. The van der Waals surface area contributed by atoms with E-state index in [4.69, 9.17) is 11.6 Å². The first-order valence-corrected chi connectivity index (χ1v) is 11.1. The Balaban J connectivity index is 1.18. The maximum Gasteiger partial charge on any atom is 0.299 e. The molecule has 3 heterocycles. The average molecular weight is 453 g/mol. The van der Waals surface area contributed by atoms with Crippen LogP contribution in [0.1, 0.15) is 16.8 Å². The molecule has 0 unspecified atom stereocenters. The highest BCUT2D eigenvalue weighted by atomic mass is 35.5. The number of nitrogens with zero attached hydrogens (tertiary/aromatic N) is 4. The van der Waals surface area contributed by atoms with Crippen LogP contribution in [0.25, 0.3) is 10.9 Å². The van der Waals surface area contributed by atoms with Crippen LogP contribution in [-0.4, -0.2) is 60.8 Å². The topological polar surface area (TPSA) is 56.8 Å². The van der Waals surface area contributed by atoms with Gasteiger partial charge in [-0.25, -0.2) is 4.39 Å². The maximum atomic E-state index is 13.4. The van der Waals surface area contributed by atoms with Crippen molar-refractivity contribution in [1.29, 1.82) is 0 Å². The van der Waals surface area contributed by atoms with Crippen LogP contribution in [-0.2, 0) is 4.79 Å². The zero-order chi connectivity index (χ0) is 22.2. The largest absolute Gasteiger partial charge is 0.368 e. The minimum atomic E-state index is -0.626. The summed E-state index contributed by atoms with van der Waals surface area (Å²) in [5.74, 6) is -1.70. The molecule has 0 aliphatic carbocycles. The number of halogens is 2. The van der Waals surface area contributed by atoms with Crippen molar-refractivity contribution in [3.05, 3.63) is 65.1 Å². The average Bonchev–Trinajstić information content (AvgIpc) is 3.03. The van der Waals surface area contributed by atoms with Crippen LogP contribution in [0.5, 0.6) is 0 Å². The number of amides is 1. The van der Waals surface area contributed by atoms with E-state index in [0.717, 1.165) is 61.8 Å². The Morgan fingerprint density at radius 1 is 0.938 bits per heavy atom. The number of rotatable bonds is 5. The van der Waals surface area contributed by atoms with Gasteiger partial charge < -0.3 is 9.80 Å². The summed E-state index contributed by atoms with van der Waals surface area (Å²) < 4.78 is 13.4. The van der Waals surface area contributed by atoms with Gasteiger partial charge in [-0.05, 0) is 55.4 Å². The maximum absolute atomic E-state index is 13.4. The van der Waals surface area contributed by atoms with Crippen LogP contribution >= 0.6 is 11.6 Å². The van der Waals surface area contributed by atoms with E-state index in [1.165, 1.54) is 17.0 Å². The molecule has 0 saturated carbocycles. The summed E-state index contributed by atoms with van der Waals surface area (Å²) in [6.45, 7) is 4.88. The van der Waals surface area contributed by atoms with Crippen molar-refractivity contribution in [1.82, 2.24) is 9.88 Å². The van der Waals surface area contributed by atoms with E-state index in [0.29, 0.717) is 17.3 Å². The lowest BCUT2D eigenvalue weighted by atomic mass is 10.1. The van der Waals surface area contributed by atoms with Crippen LogP contribution in [0, 0.1) is 5.82 Å². The Kier molecular flexibility index (Phi) is 5.53. The molecule has 0 atom stereocenters. The fourth-order valence-corrected chi connectivity index (χ4v) is 4.71. The molecule has 1 aromatic heterocycles. The standard InChI is InChI=1S/C24H22ClFN4O2/c25-16-2-4-18-20(14-16)27-7-6-21(18)29-12-10-28(11-13-29)8-1-9-30-22-5-3-17(26)15-19(22)23(31)24(30)32/h2-7,14-15H,1,8-13H2. The molecule has 2 aliphatic rings. The number of piperazine rings is 1. The quantitative estimate of drug-likeness (QED) is 0.551. The molecule has 3 aromatic rings. The first-order chi connectivity index (χ1) is 15.5. The summed E-state index contributed by atoms with van der Waals surface area (Å²) in [7, 11) is 0. The summed E-state index contributed by atoms with van der Waals surface area (Å²) in [6, 6.07) is 11.8. The molecule has 0 bridgehead atoms. The summed E-state index contributed by atoms with van der Waals surface area (Å²) in [5.41, 5.74) is 2.73. The Hall–Kier alpha value is -3.03. The van der Waals surface area contributed by atoms with Gasteiger partial charge >= 0.3 is 0 Å². The van der Waals surface area contributed by atoms with E-state index in [-0.39, 0.29) is 5.56 Å². The van der Waals surface area contributed by atoms with Crippen molar-refractivity contribution in [2.24, 2.45) is 0 Å². The van der Waals surface area contributed by atoms with Gasteiger partial charge in [-0.15, -0.1) is 0 Å². The van der Waals surface area contributed by atoms with Crippen molar-refractivity contribution in [3.63, 3.8) is 0 Å². The minimum absolute atomic E-state index is 0.162. The zero-order valence-electron chi connectivity index (χ0n) is 17.4. The normalized spacial score (nSPS) is 16.8. The van der Waals surface area contributed by atoms with Gasteiger partial charge in [0.15, 0.2) is 0 Å². The van der Waals surface area contributed by atoms with Crippen molar-refractivity contribution in [2.45, 2.75) is 6.42 Å². The number of hydrogen-bond acceptors (Lipinski definition) is 5. The number of anilines is 2. The van der Waals surface area contributed by atoms with Gasteiger partial charge in [-0.1, -0.05) is 11.6 Å². The molecular weight excluding hydrogens is 431 g/mol. The van der Waals surface area contributed by atoms with Crippen LogP contribution in [0.3, 0.4) is 0 Å². The number of benzene rings is 2. The fourth-order valence-electron chi connectivity index (χ4n) is 4.54. The Bertz CT molecular complexity index is 1210. The first kappa shape index (κ1) is 20.8. The molecule has 0 N–H and O–H groups in total. The monoisotopic (exact) mass is 452 g/mol. The third-order valence-corrected chi connectivity index (χ3v) is 6.42. The number of ketones is 1. The molecular formula is C24H22ClFN4O2. The lowest BCUT2D eigenvalue weighted by Crippen LogP contribution is -2.47. The van der Waals surface area contributed by atoms with E-state index in [2.05, 4.69) is 14.8 Å². The number of Topliss-reactive ketones (excluding diaryl/α,β-unsaturated/α-hetero) is 1. The second kappa shape index (κ2) is 8.48. The van der Waals surface area contributed by atoms with Crippen LogP contribution < -0.4 is 9.80 Å². The van der Waals surface area contributed by atoms with Gasteiger partial charge in [0.1, 0.15) is 5.82 Å². The minimum Gasteiger partial charge on any atom is -0.368 e. The van der Waals surface area contributed by atoms with Crippen molar-refractivity contribution >= 4 is 45.6 Å². The van der Waals surface area contributed by atoms with Crippen molar-refractivity contribution < 1.29 is 14.0 Å². The number of carbonyl (C=O) groups excluding carboxylic acids is 2. The molecule has 1 amide bonds. The molecule has 5 rings (SSSR count). The van der Waals surface area contributed by atoms with Crippen molar-refractivity contribution in [2.75, 3.05) is 49.1 Å². The smallest absolute Gasteiger partial charge is 0.299 e. The molecule has 1 fully saturated rings. The van der Waals surface area contributed by atoms with E-state index < -0.39 is 17.5 Å². The SMILES string of the molecule is O=C1C(=O)N(CCCN2CCN(c3ccnc4cc(Cl)ccc34)CC2)c2ccc(F)cc21. The zero-order valence-corrected chi connectivity index (χ0v) is 18.2. The van der Waals surface area contributed by atoms with Gasteiger partial charge in [0.25, 0.3) is 11.7 Å². The van der Waals surface area contributed by atoms with Gasteiger partial charge in [-0.3, -0.25) is 19.5 Å². The van der Waals surface area contributed by atoms with Crippen LogP contribution in [0.4, 0.5) is 15.8 Å². The second-order valence-corrected chi connectivity index (χ2v) is 8.56. The predicted octanol–water partition coefficient (Wildman–Crippen LogP) is 3.77. The molecule has 6 nitrogen and oxygen atoms in total. The third-order valence-electron chi connectivity index (χ3n) is 6.18. The number of fused-ring (bicyclic) bond motifs is 2. The van der Waals surface area contributed by atoms with Gasteiger partial charge in [0.2, 0.25) is 0 Å². The van der Waals surface area contributed by atoms with Gasteiger partial charge in [0.05, 0.1) is 16.8 Å². The molecule has 2 aliphatic heterocycles. The highest BCUT2D eigenvalue weighted by Crippen LogP contribution is 2.30. The van der Waals surface area contributed by atoms with E-state index in [1.807, 2.05) is 30.5 Å². The van der Waals surface area contributed by atoms with E-state index in [9.17, 15) is 14.0 Å². The lowest BCUT2D eigenvalue weighted by molar-refractivity contribution is -0.114. The summed E-state index contributed by atoms with van der Waals surface area (Å²) >= 11 is 6.10. The predicted molar refractivity (Wildman–Crippen MR) is 123 cm³/mol. The first-order valence-electron chi connectivity index (χ1n) is 10.7. The summed E-state index contributed by atoms with van der Waals surface area (Å²) in [6.07, 6.45) is 2.56. The summed E-state index contributed by atoms with van der Waals surface area (Å²) in [4.78, 5) is 35.1. The lowest BCUT2D eigenvalue weighted by Gasteiger charge is -2.36. The molecule has 164 valence electrons. The molecule has 32 heavy (non-hydrogen) atoms. The Morgan fingerprint density at radius 2 is 1.75 bits per heavy atom. The van der Waals surface area contributed by atoms with Crippen LogP contribution in [0.15, 0.2) is 48.7 Å². The van der Waals surface area contributed by atoms with E-state index in [1.54, 1.807) is 0 Å². The molecule has 8 heteroatoms. The Labute approximate surface area is 190 Å².